The van der Waals surface area contributed by atoms with E-state index in [2.05, 4.69) is 9.47 Å². The number of hydrogen-bond acceptors (Lipinski definition) is 4. The van der Waals surface area contributed by atoms with Gasteiger partial charge in [0, 0.05) is 7.11 Å². The number of carbonyl (C=O) groups is 1. The van der Waals surface area contributed by atoms with Gasteiger partial charge in [-0.1, -0.05) is 0 Å². The maximum Gasteiger partial charge on any atom is 0.380 e. The molecule has 0 heterocycles. The molecule has 0 aliphatic heterocycles. The van der Waals surface area contributed by atoms with Crippen molar-refractivity contribution in [3.8, 4) is 0 Å². The minimum absolute atomic E-state index is 0.151. The zero-order chi connectivity index (χ0) is 12.4. The molecule has 0 amide bonds. The molecule has 4 nitrogen and oxygen atoms in total. The van der Waals surface area contributed by atoms with Crippen LogP contribution in [0.3, 0.4) is 0 Å². The summed E-state index contributed by atoms with van der Waals surface area (Å²) in [7, 11) is 1.20. The fraction of sp³-hybridized carbons (Fsp3) is 0.900. The highest BCUT2D eigenvalue weighted by Gasteiger charge is 2.65. The van der Waals surface area contributed by atoms with E-state index in [0.29, 0.717) is 12.8 Å². The van der Waals surface area contributed by atoms with Crippen LogP contribution in [0, 0.1) is 5.92 Å². The molecular formula is C10H16F2O4. The van der Waals surface area contributed by atoms with Gasteiger partial charge in [-0.25, -0.2) is 4.79 Å². The Morgan fingerprint density at radius 1 is 1.50 bits per heavy atom. The molecule has 1 aliphatic rings. The first-order valence-corrected chi connectivity index (χ1v) is 5.16. The number of alkyl halides is 2. The first-order chi connectivity index (χ1) is 7.40. The molecule has 0 spiro atoms. The Hall–Kier alpha value is -0.750. The molecule has 0 aromatic heterocycles. The summed E-state index contributed by atoms with van der Waals surface area (Å²) in [6, 6.07) is 0. The smallest absolute Gasteiger partial charge is 0.380 e. The maximum atomic E-state index is 13.7. The van der Waals surface area contributed by atoms with E-state index in [9.17, 15) is 18.7 Å². The lowest BCUT2D eigenvalue weighted by atomic mass is 9.90. The third-order valence-corrected chi connectivity index (χ3v) is 2.69. The van der Waals surface area contributed by atoms with Gasteiger partial charge in [0.15, 0.2) is 5.60 Å². The first-order valence-electron chi connectivity index (χ1n) is 5.16. The van der Waals surface area contributed by atoms with Crippen molar-refractivity contribution in [1.29, 1.82) is 0 Å². The van der Waals surface area contributed by atoms with E-state index in [0.717, 1.165) is 0 Å². The normalized spacial score (nSPS) is 20.3. The van der Waals surface area contributed by atoms with Gasteiger partial charge in [-0.15, -0.1) is 0 Å². The molecule has 0 saturated heterocycles. The van der Waals surface area contributed by atoms with Gasteiger partial charge >= 0.3 is 11.9 Å². The highest BCUT2D eigenvalue weighted by molar-refractivity contribution is 5.79. The monoisotopic (exact) mass is 238 g/mol. The Balaban J connectivity index is 2.87. The van der Waals surface area contributed by atoms with Gasteiger partial charge in [-0.2, -0.15) is 8.78 Å². The van der Waals surface area contributed by atoms with Crippen molar-refractivity contribution in [2.75, 3.05) is 20.3 Å². The van der Waals surface area contributed by atoms with E-state index < -0.39 is 30.0 Å². The van der Waals surface area contributed by atoms with Crippen molar-refractivity contribution < 1.29 is 28.2 Å². The fourth-order valence-corrected chi connectivity index (χ4v) is 1.64. The van der Waals surface area contributed by atoms with E-state index in [-0.39, 0.29) is 6.61 Å². The van der Waals surface area contributed by atoms with Gasteiger partial charge in [0.2, 0.25) is 0 Å². The Morgan fingerprint density at radius 2 is 2.06 bits per heavy atom. The summed E-state index contributed by atoms with van der Waals surface area (Å²) in [5, 5.41) is 9.90. The number of aliphatic hydroxyl groups is 1. The molecule has 1 rings (SSSR count). The highest BCUT2D eigenvalue weighted by Crippen LogP contribution is 2.48. The molecule has 6 heteroatoms. The average molecular weight is 238 g/mol. The van der Waals surface area contributed by atoms with E-state index in [4.69, 9.17) is 0 Å². The summed E-state index contributed by atoms with van der Waals surface area (Å²) in [6.07, 6.45) is 0.934. The van der Waals surface area contributed by atoms with Crippen LogP contribution in [0.15, 0.2) is 0 Å². The van der Waals surface area contributed by atoms with Crippen molar-refractivity contribution in [1.82, 2.24) is 0 Å². The minimum Gasteiger partial charge on any atom is -0.461 e. The molecule has 0 bridgehead atoms. The second kappa shape index (κ2) is 4.63. The van der Waals surface area contributed by atoms with Crippen molar-refractivity contribution in [3.63, 3.8) is 0 Å². The van der Waals surface area contributed by atoms with E-state index in [1.54, 1.807) is 0 Å². The quantitative estimate of drug-likeness (QED) is 0.701. The highest BCUT2D eigenvalue weighted by atomic mass is 19.3. The first kappa shape index (κ1) is 13.3. The molecule has 1 atom stereocenters. The van der Waals surface area contributed by atoms with Crippen LogP contribution in [0.5, 0.6) is 0 Å². The van der Waals surface area contributed by atoms with Gasteiger partial charge in [0.25, 0.3) is 0 Å². The van der Waals surface area contributed by atoms with Crippen LogP contribution in [0.2, 0.25) is 0 Å². The molecule has 94 valence electrons. The van der Waals surface area contributed by atoms with Crippen LogP contribution in [0.1, 0.15) is 19.8 Å². The van der Waals surface area contributed by atoms with Crippen LogP contribution in [-0.2, 0) is 14.3 Å². The molecule has 1 aliphatic carbocycles. The lowest BCUT2D eigenvalue weighted by molar-refractivity contribution is -0.230. The molecule has 1 saturated carbocycles. The van der Waals surface area contributed by atoms with Gasteiger partial charge in [-0.05, 0) is 25.7 Å². The molecule has 0 aromatic rings. The van der Waals surface area contributed by atoms with Gasteiger partial charge in [0.05, 0.1) is 13.2 Å². The van der Waals surface area contributed by atoms with Crippen LogP contribution < -0.4 is 0 Å². The van der Waals surface area contributed by atoms with Crippen molar-refractivity contribution in [2.45, 2.75) is 31.3 Å². The van der Waals surface area contributed by atoms with Crippen molar-refractivity contribution in [2.24, 2.45) is 5.92 Å². The number of methoxy groups -OCH3 is 1. The second-order valence-electron chi connectivity index (χ2n) is 3.93. The van der Waals surface area contributed by atoms with Gasteiger partial charge < -0.3 is 14.6 Å². The molecule has 0 radical (unpaired) electrons. The van der Waals surface area contributed by atoms with E-state index in [1.165, 1.54) is 14.0 Å². The second-order valence-corrected chi connectivity index (χ2v) is 3.93. The molecule has 16 heavy (non-hydrogen) atoms. The summed E-state index contributed by atoms with van der Waals surface area (Å²) >= 11 is 0. The molecular weight excluding hydrogens is 222 g/mol. The number of carbonyl (C=O) groups excluding carboxylic acids is 1. The largest absolute Gasteiger partial charge is 0.461 e. The predicted octanol–water partition coefficient (Wildman–Crippen LogP) is 0.972. The van der Waals surface area contributed by atoms with Crippen LogP contribution in [0.4, 0.5) is 8.78 Å². The number of esters is 1. The zero-order valence-electron chi connectivity index (χ0n) is 9.33. The molecule has 1 unspecified atom stereocenters. The Morgan fingerprint density at radius 3 is 2.44 bits per heavy atom. The number of hydrogen-bond donors (Lipinski definition) is 1. The summed E-state index contributed by atoms with van der Waals surface area (Å²) < 4.78 is 36.3. The number of rotatable bonds is 6. The summed E-state index contributed by atoms with van der Waals surface area (Å²) in [5.41, 5.74) is -2.45. The average Bonchev–Trinajstić information content (AvgIpc) is 3.01. The topological polar surface area (TPSA) is 55.8 Å². The van der Waals surface area contributed by atoms with Gasteiger partial charge in [0.1, 0.15) is 0 Å². The van der Waals surface area contributed by atoms with Crippen LogP contribution in [0.25, 0.3) is 0 Å². The summed E-state index contributed by atoms with van der Waals surface area (Å²) in [4.78, 5) is 11.1. The van der Waals surface area contributed by atoms with Crippen molar-refractivity contribution in [3.05, 3.63) is 0 Å². The Bertz CT molecular complexity index is 266. The van der Waals surface area contributed by atoms with Crippen LogP contribution in [-0.4, -0.2) is 42.9 Å². The summed E-state index contributed by atoms with van der Waals surface area (Å²) in [6.45, 7) is 0.701. The summed E-state index contributed by atoms with van der Waals surface area (Å²) in [5.74, 6) is -6.23. The van der Waals surface area contributed by atoms with Gasteiger partial charge in [-0.3, -0.25) is 0 Å². The van der Waals surface area contributed by atoms with Crippen molar-refractivity contribution >= 4 is 5.97 Å². The molecule has 1 fully saturated rings. The lowest BCUT2D eigenvalue weighted by Gasteiger charge is -2.33. The standard InChI is InChI=1S/C10H16F2O4/c1-3-16-8(13)10(11,12)9(14,6-15-2)7-4-5-7/h7,14H,3-6H2,1-2H3. The predicted molar refractivity (Wildman–Crippen MR) is 51.1 cm³/mol. The minimum atomic E-state index is -3.93. The Labute approximate surface area is 92.5 Å². The fourth-order valence-electron chi connectivity index (χ4n) is 1.64. The SMILES string of the molecule is CCOC(=O)C(F)(F)C(O)(COC)C1CC1. The van der Waals surface area contributed by atoms with E-state index >= 15 is 0 Å². The zero-order valence-corrected chi connectivity index (χ0v) is 9.33. The number of halogens is 2. The number of ether oxygens (including phenoxy) is 2. The molecule has 0 aromatic carbocycles. The van der Waals surface area contributed by atoms with Crippen LogP contribution >= 0.6 is 0 Å². The lowest BCUT2D eigenvalue weighted by Crippen LogP contribution is -2.58. The molecule has 1 N–H and O–H groups in total. The maximum absolute atomic E-state index is 13.7. The third kappa shape index (κ3) is 2.17. The third-order valence-electron chi connectivity index (χ3n) is 2.69. The van der Waals surface area contributed by atoms with E-state index in [1.807, 2.05) is 0 Å². The Kier molecular flexibility index (Phi) is 3.85.